The second kappa shape index (κ2) is 10.5. The van der Waals surface area contributed by atoms with Crippen molar-refractivity contribution in [1.82, 2.24) is 9.99 Å². The number of nitrogens with zero attached hydrogens (tertiary/aromatic N) is 3. The number of methoxy groups -OCH3 is 1. The van der Waals surface area contributed by atoms with Crippen molar-refractivity contribution in [2.75, 3.05) is 19.0 Å². The predicted octanol–water partition coefficient (Wildman–Crippen LogP) is 4.88. The van der Waals surface area contributed by atoms with E-state index in [9.17, 15) is 22.8 Å². The minimum atomic E-state index is -4.88. The van der Waals surface area contributed by atoms with Gasteiger partial charge in [0.15, 0.2) is 11.5 Å². The first-order chi connectivity index (χ1) is 17.2. The lowest BCUT2D eigenvalue weighted by molar-refractivity contribution is -0.275. The Morgan fingerprint density at radius 1 is 1.03 bits per heavy atom. The largest absolute Gasteiger partial charge is 0.573 e. The number of hydrogen-bond donors (Lipinski definition) is 1. The number of pyridine rings is 1. The van der Waals surface area contributed by atoms with Gasteiger partial charge in [-0.15, -0.1) is 13.2 Å². The molecule has 2 heterocycles. The van der Waals surface area contributed by atoms with Crippen LogP contribution in [-0.4, -0.2) is 47.5 Å². The van der Waals surface area contributed by atoms with Gasteiger partial charge >= 0.3 is 6.36 Å². The molecule has 1 N–H and O–H groups in total. The van der Waals surface area contributed by atoms with Gasteiger partial charge in [0, 0.05) is 35.8 Å². The number of alkyl halides is 3. The summed E-state index contributed by atoms with van der Waals surface area (Å²) in [6, 6.07) is 13.7. The van der Waals surface area contributed by atoms with E-state index in [1.54, 1.807) is 48.7 Å². The van der Waals surface area contributed by atoms with Crippen LogP contribution < -0.4 is 14.8 Å². The number of amides is 2. The molecule has 0 radical (unpaired) electrons. The normalized spacial score (nSPS) is 13.6. The number of anilines is 1. The minimum absolute atomic E-state index is 0.0730. The molecule has 0 spiro atoms. The van der Waals surface area contributed by atoms with Crippen molar-refractivity contribution in [1.29, 1.82) is 0 Å². The Bertz CT molecular complexity index is 1280. The third kappa shape index (κ3) is 5.98. The van der Waals surface area contributed by atoms with Crippen molar-refractivity contribution in [3.8, 4) is 11.5 Å². The van der Waals surface area contributed by atoms with E-state index < -0.39 is 12.1 Å². The number of carbonyl (C=O) groups excluding carboxylic acids is 2. The van der Waals surface area contributed by atoms with E-state index in [4.69, 9.17) is 4.74 Å². The Balaban J connectivity index is 1.49. The van der Waals surface area contributed by atoms with Gasteiger partial charge in [-0.1, -0.05) is 0 Å². The fraction of sp³-hybridized carbons (Fsp3) is 0.200. The summed E-state index contributed by atoms with van der Waals surface area (Å²) in [7, 11) is 1.24. The van der Waals surface area contributed by atoms with Crippen molar-refractivity contribution in [3.05, 3.63) is 83.7 Å². The van der Waals surface area contributed by atoms with Crippen molar-refractivity contribution >= 4 is 23.2 Å². The number of hydrazone groups is 1. The molecule has 2 amide bonds. The van der Waals surface area contributed by atoms with Crippen molar-refractivity contribution < 1.29 is 32.2 Å². The number of carbonyl (C=O) groups is 2. The molecule has 2 aromatic carbocycles. The van der Waals surface area contributed by atoms with E-state index in [0.29, 0.717) is 47.5 Å². The fourth-order valence-electron chi connectivity index (χ4n) is 3.60. The summed E-state index contributed by atoms with van der Waals surface area (Å²) >= 11 is 0. The van der Waals surface area contributed by atoms with E-state index in [1.807, 2.05) is 0 Å². The molecule has 8 nitrogen and oxygen atoms in total. The standard InChI is InChI=1S/C25H21F3N4O4/c1-35-21-11-8-17(14-22(21)36-25(26,27)28)20-5-3-13-32(31-20)24(34)16-6-9-19(10-7-16)30-23(33)18-4-2-12-29-15-18/h2,4,6-12,14-15H,3,5,13H2,1H3,(H,30,33). The first-order valence-electron chi connectivity index (χ1n) is 10.9. The second-order valence-corrected chi connectivity index (χ2v) is 7.77. The van der Waals surface area contributed by atoms with Gasteiger partial charge in [-0.2, -0.15) is 5.10 Å². The topological polar surface area (TPSA) is 93.1 Å². The Morgan fingerprint density at radius 2 is 1.81 bits per heavy atom. The molecule has 0 atom stereocenters. The van der Waals surface area contributed by atoms with Gasteiger partial charge in [0.25, 0.3) is 11.8 Å². The highest BCUT2D eigenvalue weighted by atomic mass is 19.4. The van der Waals surface area contributed by atoms with Gasteiger partial charge < -0.3 is 14.8 Å². The lowest BCUT2D eigenvalue weighted by atomic mass is 10.0. The average Bonchev–Trinajstić information content (AvgIpc) is 2.88. The summed E-state index contributed by atoms with van der Waals surface area (Å²) in [6.45, 7) is 0.351. The quantitative estimate of drug-likeness (QED) is 0.523. The van der Waals surface area contributed by atoms with Gasteiger partial charge in [0.2, 0.25) is 0 Å². The van der Waals surface area contributed by atoms with Crippen LogP contribution in [0.3, 0.4) is 0 Å². The number of aromatic nitrogens is 1. The summed E-state index contributed by atoms with van der Waals surface area (Å²) in [5, 5.41) is 8.38. The number of rotatable bonds is 6. The maximum Gasteiger partial charge on any atom is 0.573 e. The van der Waals surface area contributed by atoms with E-state index in [0.717, 1.165) is 0 Å². The van der Waals surface area contributed by atoms with Gasteiger partial charge in [-0.25, -0.2) is 5.01 Å². The van der Waals surface area contributed by atoms with Gasteiger partial charge in [0.05, 0.1) is 18.4 Å². The van der Waals surface area contributed by atoms with E-state index in [1.165, 1.54) is 30.4 Å². The minimum Gasteiger partial charge on any atom is -0.493 e. The molecule has 1 aromatic heterocycles. The maximum atomic E-state index is 13.0. The molecule has 1 aliphatic rings. The zero-order valence-electron chi connectivity index (χ0n) is 19.1. The van der Waals surface area contributed by atoms with Crippen LogP contribution in [0.5, 0.6) is 11.5 Å². The number of hydrogen-bond acceptors (Lipinski definition) is 6. The third-order valence-electron chi connectivity index (χ3n) is 5.30. The monoisotopic (exact) mass is 498 g/mol. The molecule has 11 heteroatoms. The molecule has 0 fully saturated rings. The van der Waals surface area contributed by atoms with Crippen molar-refractivity contribution in [2.24, 2.45) is 5.10 Å². The van der Waals surface area contributed by atoms with E-state index >= 15 is 0 Å². The van der Waals surface area contributed by atoms with E-state index in [-0.39, 0.29) is 17.6 Å². The number of halogens is 3. The van der Waals surface area contributed by atoms with Gasteiger partial charge in [-0.3, -0.25) is 14.6 Å². The Labute approximate surface area is 204 Å². The molecular formula is C25H21F3N4O4. The first-order valence-corrected chi connectivity index (χ1v) is 10.9. The SMILES string of the molecule is COc1ccc(C2=NN(C(=O)c3ccc(NC(=O)c4cccnc4)cc3)CCC2)cc1OC(F)(F)F. The highest BCUT2D eigenvalue weighted by molar-refractivity contribution is 6.05. The second-order valence-electron chi connectivity index (χ2n) is 7.77. The van der Waals surface area contributed by atoms with Gasteiger partial charge in [-0.05, 0) is 67.4 Å². The van der Waals surface area contributed by atoms with Gasteiger partial charge in [0.1, 0.15) is 0 Å². The Morgan fingerprint density at radius 3 is 2.47 bits per heavy atom. The number of nitrogens with one attached hydrogen (secondary N) is 1. The first kappa shape index (κ1) is 24.7. The zero-order valence-corrected chi connectivity index (χ0v) is 19.1. The van der Waals surface area contributed by atoms with Crippen LogP contribution in [0.25, 0.3) is 0 Å². The van der Waals surface area contributed by atoms with Crippen LogP contribution >= 0.6 is 0 Å². The molecule has 3 aromatic rings. The molecule has 1 aliphatic heterocycles. The van der Waals surface area contributed by atoms with Crippen LogP contribution in [0.15, 0.2) is 72.1 Å². The Hall–Kier alpha value is -4.41. The summed E-state index contributed by atoms with van der Waals surface area (Å²) in [5.74, 6) is -1.27. The van der Waals surface area contributed by atoms with Crippen LogP contribution in [-0.2, 0) is 0 Å². The number of ether oxygens (including phenoxy) is 2. The zero-order chi connectivity index (χ0) is 25.7. The molecule has 0 aliphatic carbocycles. The number of benzene rings is 2. The molecule has 0 bridgehead atoms. The van der Waals surface area contributed by atoms with Crippen LogP contribution in [0.1, 0.15) is 39.1 Å². The van der Waals surface area contributed by atoms with Crippen LogP contribution in [0.2, 0.25) is 0 Å². The van der Waals surface area contributed by atoms with Crippen LogP contribution in [0.4, 0.5) is 18.9 Å². The predicted molar refractivity (Wildman–Crippen MR) is 125 cm³/mol. The molecule has 0 saturated carbocycles. The molecular weight excluding hydrogens is 477 g/mol. The van der Waals surface area contributed by atoms with Crippen molar-refractivity contribution in [2.45, 2.75) is 19.2 Å². The molecule has 186 valence electrons. The smallest absolute Gasteiger partial charge is 0.493 e. The highest BCUT2D eigenvalue weighted by Gasteiger charge is 2.33. The summed E-state index contributed by atoms with van der Waals surface area (Å²) in [5.41, 5.74) is 2.08. The summed E-state index contributed by atoms with van der Waals surface area (Å²) in [6.07, 6.45) is -0.826. The summed E-state index contributed by atoms with van der Waals surface area (Å²) in [4.78, 5) is 29.2. The molecule has 0 saturated heterocycles. The van der Waals surface area contributed by atoms with Crippen LogP contribution in [0, 0.1) is 0 Å². The average molecular weight is 498 g/mol. The summed E-state index contributed by atoms with van der Waals surface area (Å²) < 4.78 is 47.4. The molecule has 36 heavy (non-hydrogen) atoms. The lowest BCUT2D eigenvalue weighted by Gasteiger charge is -2.24. The molecule has 4 rings (SSSR count). The lowest BCUT2D eigenvalue weighted by Crippen LogP contribution is -2.32. The van der Waals surface area contributed by atoms with E-state index in [2.05, 4.69) is 20.1 Å². The van der Waals surface area contributed by atoms with Crippen molar-refractivity contribution in [3.63, 3.8) is 0 Å². The third-order valence-corrected chi connectivity index (χ3v) is 5.30. The maximum absolute atomic E-state index is 13.0. The molecule has 0 unspecified atom stereocenters. The Kier molecular flexibility index (Phi) is 7.18. The highest BCUT2D eigenvalue weighted by Crippen LogP contribution is 2.34. The fourth-order valence-corrected chi connectivity index (χ4v) is 3.60.